The van der Waals surface area contributed by atoms with Crippen LogP contribution in [0.5, 0.6) is 0 Å². The minimum atomic E-state index is 0.250. The molecule has 46 valence electrons. The van der Waals surface area contributed by atoms with Crippen LogP contribution < -0.4 is 0 Å². The molecule has 0 N–H and O–H groups in total. The first-order valence-electron chi connectivity index (χ1n) is 2.91. The Kier molecular flexibility index (Phi) is 1.40. The number of hydrogen-bond acceptors (Lipinski definition) is 1. The number of rotatable bonds is 0. The van der Waals surface area contributed by atoms with Crippen LogP contribution in [-0.2, 0) is 4.79 Å². The Morgan fingerprint density at radius 2 is 2.22 bits per heavy atom. The van der Waals surface area contributed by atoms with Crippen LogP contribution in [0, 0.1) is 12.3 Å². The van der Waals surface area contributed by atoms with Crippen LogP contribution in [0.1, 0.15) is 19.8 Å². The molecule has 9 heavy (non-hydrogen) atoms. The highest BCUT2D eigenvalue weighted by Gasteiger charge is 2.15. The first-order valence-corrected chi connectivity index (χ1v) is 2.91. The third kappa shape index (κ3) is 1.02. The first-order chi connectivity index (χ1) is 4.24. The predicted molar refractivity (Wildman–Crippen MR) is 35.8 cm³/mol. The van der Waals surface area contributed by atoms with Gasteiger partial charge in [0.15, 0.2) is 0 Å². The minimum Gasteiger partial charge on any atom is -0.299 e. The zero-order valence-electron chi connectivity index (χ0n) is 5.40. The van der Waals surface area contributed by atoms with E-state index in [-0.39, 0.29) is 5.78 Å². The first kappa shape index (κ1) is 6.10. The van der Waals surface area contributed by atoms with Gasteiger partial charge < -0.3 is 0 Å². The molecule has 0 aromatic rings. The molecule has 0 bridgehead atoms. The molecule has 1 aliphatic rings. The van der Waals surface area contributed by atoms with Crippen molar-refractivity contribution in [3.8, 4) is 12.3 Å². The predicted octanol–water partition coefficient (Wildman–Crippen LogP) is 1.30. The standard InChI is InChI=1S/C8H8O/c1-3-7-5-8(9)4-6(7)2/h1H,4-5H2,2H3. The van der Waals surface area contributed by atoms with E-state index in [0.717, 1.165) is 11.1 Å². The van der Waals surface area contributed by atoms with Crippen LogP contribution in [0.3, 0.4) is 0 Å². The largest absolute Gasteiger partial charge is 0.299 e. The molecule has 0 atom stereocenters. The zero-order chi connectivity index (χ0) is 6.85. The molecule has 1 rings (SSSR count). The van der Waals surface area contributed by atoms with Crippen molar-refractivity contribution < 1.29 is 4.79 Å². The van der Waals surface area contributed by atoms with Crippen LogP contribution in [0.4, 0.5) is 0 Å². The molecule has 0 aromatic heterocycles. The highest BCUT2D eigenvalue weighted by Crippen LogP contribution is 2.20. The summed E-state index contributed by atoms with van der Waals surface area (Å²) in [5, 5.41) is 0. The summed E-state index contributed by atoms with van der Waals surface area (Å²) in [5.41, 5.74) is 1.96. The summed E-state index contributed by atoms with van der Waals surface area (Å²) in [7, 11) is 0. The van der Waals surface area contributed by atoms with E-state index in [1.54, 1.807) is 0 Å². The Hall–Kier alpha value is -1.03. The Labute approximate surface area is 54.8 Å². The van der Waals surface area contributed by atoms with E-state index >= 15 is 0 Å². The van der Waals surface area contributed by atoms with Gasteiger partial charge in [0.25, 0.3) is 0 Å². The van der Waals surface area contributed by atoms with Crippen molar-refractivity contribution in [3.05, 3.63) is 11.1 Å². The third-order valence-electron chi connectivity index (χ3n) is 1.53. The number of ketones is 1. The molecule has 0 fully saturated rings. The van der Waals surface area contributed by atoms with E-state index in [9.17, 15) is 4.79 Å². The van der Waals surface area contributed by atoms with Crippen molar-refractivity contribution in [2.24, 2.45) is 0 Å². The van der Waals surface area contributed by atoms with Crippen molar-refractivity contribution in [2.75, 3.05) is 0 Å². The summed E-state index contributed by atoms with van der Waals surface area (Å²) in [4.78, 5) is 10.7. The Balaban J connectivity index is 2.84. The average molecular weight is 120 g/mol. The minimum absolute atomic E-state index is 0.250. The number of carbonyl (C=O) groups is 1. The Morgan fingerprint density at radius 1 is 1.56 bits per heavy atom. The molecule has 1 aliphatic carbocycles. The molecule has 0 unspecified atom stereocenters. The Morgan fingerprint density at radius 3 is 2.44 bits per heavy atom. The lowest BCUT2D eigenvalue weighted by Crippen LogP contribution is -1.86. The second kappa shape index (κ2) is 2.06. The van der Waals surface area contributed by atoms with Gasteiger partial charge in [0.1, 0.15) is 5.78 Å². The van der Waals surface area contributed by atoms with Gasteiger partial charge in [-0.1, -0.05) is 11.5 Å². The number of allylic oxidation sites excluding steroid dienone is 2. The Bertz CT molecular complexity index is 215. The van der Waals surface area contributed by atoms with E-state index in [1.807, 2.05) is 6.92 Å². The van der Waals surface area contributed by atoms with Crippen LogP contribution in [0.15, 0.2) is 11.1 Å². The van der Waals surface area contributed by atoms with Gasteiger partial charge in [0.05, 0.1) is 0 Å². The number of terminal acetylenes is 1. The normalized spacial score (nSPS) is 18.4. The maximum atomic E-state index is 10.7. The molecule has 0 heterocycles. The van der Waals surface area contributed by atoms with Crippen LogP contribution in [0.2, 0.25) is 0 Å². The van der Waals surface area contributed by atoms with Crippen molar-refractivity contribution in [1.82, 2.24) is 0 Å². The molecular formula is C8H8O. The van der Waals surface area contributed by atoms with Gasteiger partial charge in [-0.2, -0.15) is 0 Å². The van der Waals surface area contributed by atoms with E-state index in [4.69, 9.17) is 6.42 Å². The lowest BCUT2D eigenvalue weighted by atomic mass is 10.2. The van der Waals surface area contributed by atoms with E-state index in [0.29, 0.717) is 12.8 Å². The summed E-state index contributed by atoms with van der Waals surface area (Å²) in [6, 6.07) is 0. The highest BCUT2D eigenvalue weighted by atomic mass is 16.1. The zero-order valence-corrected chi connectivity index (χ0v) is 5.40. The molecule has 0 spiro atoms. The number of hydrogen-bond donors (Lipinski definition) is 0. The molecule has 0 radical (unpaired) electrons. The smallest absolute Gasteiger partial charge is 0.141 e. The molecular weight excluding hydrogens is 112 g/mol. The lowest BCUT2D eigenvalue weighted by Gasteiger charge is -1.85. The van der Waals surface area contributed by atoms with Crippen molar-refractivity contribution in [1.29, 1.82) is 0 Å². The van der Waals surface area contributed by atoms with E-state index in [2.05, 4.69) is 5.92 Å². The number of carbonyl (C=O) groups excluding carboxylic acids is 1. The summed E-state index contributed by atoms with van der Waals surface area (Å²) in [6.45, 7) is 1.92. The van der Waals surface area contributed by atoms with Gasteiger partial charge >= 0.3 is 0 Å². The molecule has 0 saturated carbocycles. The molecule has 0 saturated heterocycles. The summed E-state index contributed by atoms with van der Waals surface area (Å²) in [5.74, 6) is 2.75. The molecule has 0 aliphatic heterocycles. The van der Waals surface area contributed by atoms with E-state index < -0.39 is 0 Å². The van der Waals surface area contributed by atoms with Crippen molar-refractivity contribution in [3.63, 3.8) is 0 Å². The number of Topliss-reactive ketones (excluding diaryl/α,β-unsaturated/α-hetero) is 1. The molecule has 1 heteroatoms. The van der Waals surface area contributed by atoms with Crippen molar-refractivity contribution in [2.45, 2.75) is 19.8 Å². The highest BCUT2D eigenvalue weighted by molar-refractivity contribution is 5.88. The topological polar surface area (TPSA) is 17.1 Å². The van der Waals surface area contributed by atoms with Gasteiger partial charge in [-0.3, -0.25) is 4.79 Å². The summed E-state index contributed by atoms with van der Waals surface area (Å²) >= 11 is 0. The fourth-order valence-electron chi connectivity index (χ4n) is 0.987. The second-order valence-corrected chi connectivity index (χ2v) is 2.30. The van der Waals surface area contributed by atoms with Gasteiger partial charge in [-0.05, 0) is 6.92 Å². The fourth-order valence-corrected chi connectivity index (χ4v) is 0.987. The lowest BCUT2D eigenvalue weighted by molar-refractivity contribution is -0.117. The summed E-state index contributed by atoms with van der Waals surface area (Å²) in [6.07, 6.45) is 6.18. The van der Waals surface area contributed by atoms with Gasteiger partial charge in [0.2, 0.25) is 0 Å². The van der Waals surface area contributed by atoms with E-state index in [1.165, 1.54) is 0 Å². The third-order valence-corrected chi connectivity index (χ3v) is 1.53. The van der Waals surface area contributed by atoms with Crippen LogP contribution >= 0.6 is 0 Å². The quantitative estimate of drug-likeness (QED) is 0.440. The van der Waals surface area contributed by atoms with Gasteiger partial charge in [-0.25, -0.2) is 0 Å². The average Bonchev–Trinajstić information content (AvgIpc) is 2.10. The maximum absolute atomic E-state index is 10.7. The second-order valence-electron chi connectivity index (χ2n) is 2.30. The van der Waals surface area contributed by atoms with Gasteiger partial charge in [-0.15, -0.1) is 6.42 Å². The fraction of sp³-hybridized carbons (Fsp3) is 0.375. The summed E-state index contributed by atoms with van der Waals surface area (Å²) < 4.78 is 0. The van der Waals surface area contributed by atoms with Crippen LogP contribution in [0.25, 0.3) is 0 Å². The van der Waals surface area contributed by atoms with Gasteiger partial charge in [0, 0.05) is 18.4 Å². The molecule has 0 aromatic carbocycles. The van der Waals surface area contributed by atoms with Crippen molar-refractivity contribution >= 4 is 5.78 Å². The maximum Gasteiger partial charge on any atom is 0.141 e. The monoisotopic (exact) mass is 120 g/mol. The van der Waals surface area contributed by atoms with Crippen LogP contribution in [-0.4, -0.2) is 5.78 Å². The molecule has 1 nitrogen and oxygen atoms in total. The SMILES string of the molecule is C#CC1=C(C)CC(=O)C1. The molecule has 0 amide bonds.